The van der Waals surface area contributed by atoms with Crippen molar-refractivity contribution >= 4 is 34.6 Å². The second kappa shape index (κ2) is 5.13. The molecule has 0 heterocycles. The zero-order valence-corrected chi connectivity index (χ0v) is 10.5. The molecule has 4 nitrogen and oxygen atoms in total. The van der Waals surface area contributed by atoms with Crippen molar-refractivity contribution < 1.29 is 9.58 Å². The van der Waals surface area contributed by atoms with Gasteiger partial charge in [0.25, 0.3) is 0 Å². The van der Waals surface area contributed by atoms with Crippen LogP contribution in [-0.2, 0) is 0 Å². The van der Waals surface area contributed by atoms with Gasteiger partial charge in [-0.15, -0.1) is 0 Å². The number of hydrogen-bond acceptors (Lipinski definition) is 0. The standard InChI is InChI=1S/C12H6Cl2N4/c13-9-5-7(1-3-11(9)17-15)8-2-4-12(18-16)10(14)6-8/h1-6H/b8-7+. The van der Waals surface area contributed by atoms with Crippen molar-refractivity contribution in [2.24, 2.45) is 0 Å². The molecule has 0 radical (unpaired) electrons. The Morgan fingerprint density at radius 2 is 1.11 bits per heavy atom. The van der Waals surface area contributed by atoms with Gasteiger partial charge in [0.05, 0.1) is 0 Å². The molecule has 0 aromatic rings. The van der Waals surface area contributed by atoms with Crippen LogP contribution in [0.1, 0.15) is 0 Å². The van der Waals surface area contributed by atoms with Crippen LogP contribution in [0.5, 0.6) is 0 Å². The van der Waals surface area contributed by atoms with Gasteiger partial charge in [0, 0.05) is 12.2 Å². The molecular formula is C12H6Cl2N4. The highest BCUT2D eigenvalue weighted by molar-refractivity contribution is 6.45. The quantitative estimate of drug-likeness (QED) is 0.482. The lowest BCUT2D eigenvalue weighted by molar-refractivity contribution is -0.00244. The third-order valence-electron chi connectivity index (χ3n) is 2.44. The maximum absolute atomic E-state index is 8.67. The lowest BCUT2D eigenvalue weighted by Gasteiger charge is -2.07. The molecule has 0 aromatic heterocycles. The molecule has 0 saturated heterocycles. The van der Waals surface area contributed by atoms with Gasteiger partial charge in [-0.3, -0.25) is 0 Å². The normalized spacial score (nSPS) is 22.3. The van der Waals surface area contributed by atoms with E-state index in [9.17, 15) is 0 Å². The summed E-state index contributed by atoms with van der Waals surface area (Å²) in [5.41, 5.74) is 19.6. The molecule has 0 amide bonds. The van der Waals surface area contributed by atoms with Gasteiger partial charge in [0.1, 0.15) is 10.1 Å². The molecule has 0 aromatic carbocycles. The molecule has 0 atom stereocenters. The minimum absolute atomic E-state index is 0.300. The lowest BCUT2D eigenvalue weighted by Crippen LogP contribution is -2.04. The fourth-order valence-corrected chi connectivity index (χ4v) is 1.97. The zero-order chi connectivity index (χ0) is 13.1. The van der Waals surface area contributed by atoms with Gasteiger partial charge in [-0.25, -0.2) is 0 Å². The summed E-state index contributed by atoms with van der Waals surface area (Å²) in [5, 5.41) is 0.670. The monoisotopic (exact) mass is 276 g/mol. The van der Waals surface area contributed by atoms with Gasteiger partial charge in [-0.2, -0.15) is 9.58 Å². The van der Waals surface area contributed by atoms with E-state index in [1.54, 1.807) is 36.5 Å². The van der Waals surface area contributed by atoms with Crippen LogP contribution < -0.4 is 0 Å². The maximum Gasteiger partial charge on any atom is 0.333 e. The molecule has 0 saturated carbocycles. The Hall–Kier alpha value is -1.96. The third kappa shape index (κ3) is 2.33. The smallest absolute Gasteiger partial charge is 0.333 e. The molecule has 88 valence electrons. The molecule has 0 unspecified atom stereocenters. The molecule has 18 heavy (non-hydrogen) atoms. The summed E-state index contributed by atoms with van der Waals surface area (Å²) >= 11 is 11.9. The van der Waals surface area contributed by atoms with Gasteiger partial charge < -0.3 is 11.1 Å². The number of allylic oxidation sites excluding steroid dienone is 10. The largest absolute Gasteiger partial charge is 0.361 e. The minimum Gasteiger partial charge on any atom is -0.361 e. The van der Waals surface area contributed by atoms with Crippen molar-refractivity contribution in [1.29, 1.82) is 0 Å². The van der Waals surface area contributed by atoms with Crippen LogP contribution in [0.15, 0.2) is 57.7 Å². The van der Waals surface area contributed by atoms with Gasteiger partial charge in [0.2, 0.25) is 0 Å². The molecule has 6 heteroatoms. The van der Waals surface area contributed by atoms with Crippen molar-refractivity contribution in [2.45, 2.75) is 0 Å². The minimum atomic E-state index is 0.300. The number of nitrogens with zero attached hydrogens (tertiary/aromatic N) is 4. The summed E-state index contributed by atoms with van der Waals surface area (Å²) < 4.78 is 0. The van der Waals surface area contributed by atoms with Gasteiger partial charge in [0.15, 0.2) is 0 Å². The fourth-order valence-electron chi connectivity index (χ4n) is 1.54. The van der Waals surface area contributed by atoms with Crippen LogP contribution in [0.4, 0.5) is 0 Å². The Morgan fingerprint density at radius 3 is 1.39 bits per heavy atom. The Morgan fingerprint density at radius 1 is 0.722 bits per heavy atom. The topological polar surface area (TPSA) is 72.8 Å². The predicted molar refractivity (Wildman–Crippen MR) is 70.4 cm³/mol. The second-order valence-electron chi connectivity index (χ2n) is 3.53. The first kappa shape index (κ1) is 12.5. The van der Waals surface area contributed by atoms with E-state index in [2.05, 4.69) is 9.58 Å². The average Bonchev–Trinajstić information content (AvgIpc) is 2.38. The molecule has 0 bridgehead atoms. The average molecular weight is 277 g/mol. The van der Waals surface area contributed by atoms with Crippen molar-refractivity contribution in [1.82, 2.24) is 0 Å². The fraction of sp³-hybridized carbons (Fsp3) is 0. The van der Waals surface area contributed by atoms with Crippen LogP contribution in [0.2, 0.25) is 0 Å². The molecule has 0 N–H and O–H groups in total. The number of hydrogen-bond donors (Lipinski definition) is 0. The van der Waals surface area contributed by atoms with E-state index in [1.165, 1.54) is 0 Å². The van der Waals surface area contributed by atoms with Gasteiger partial charge >= 0.3 is 11.4 Å². The van der Waals surface area contributed by atoms with Crippen LogP contribution in [0, 0.1) is 0 Å². The summed E-state index contributed by atoms with van der Waals surface area (Å²) in [5.74, 6) is 0. The highest BCUT2D eigenvalue weighted by atomic mass is 35.5. The van der Waals surface area contributed by atoms with Crippen molar-refractivity contribution in [3.8, 4) is 0 Å². The molecule has 0 fully saturated rings. The summed E-state index contributed by atoms with van der Waals surface area (Å²) in [7, 11) is 0. The van der Waals surface area contributed by atoms with Crippen LogP contribution in [-0.4, -0.2) is 21.0 Å². The predicted octanol–water partition coefficient (Wildman–Crippen LogP) is 3.01. The van der Waals surface area contributed by atoms with Crippen molar-refractivity contribution in [3.05, 3.63) is 68.7 Å². The molecule has 2 rings (SSSR count). The van der Waals surface area contributed by atoms with E-state index in [0.717, 1.165) is 11.1 Å². The first-order valence-corrected chi connectivity index (χ1v) is 5.71. The van der Waals surface area contributed by atoms with Crippen molar-refractivity contribution in [3.63, 3.8) is 0 Å². The number of halogens is 2. The summed E-state index contributed by atoms with van der Waals surface area (Å²) in [6.45, 7) is 0. The second-order valence-corrected chi connectivity index (χ2v) is 4.35. The first-order valence-electron chi connectivity index (χ1n) is 4.95. The van der Waals surface area contributed by atoms with E-state index in [-0.39, 0.29) is 0 Å². The highest BCUT2D eigenvalue weighted by Crippen LogP contribution is 2.24. The van der Waals surface area contributed by atoms with Crippen LogP contribution in [0.25, 0.3) is 11.1 Å². The van der Waals surface area contributed by atoms with Gasteiger partial charge in [-0.1, -0.05) is 23.2 Å². The SMILES string of the molecule is [N-]=[N+]=C1C=C/C(=C2/C=CC(=[N+]=[N-])C(Cl)=C2)C=C1Cl. The lowest BCUT2D eigenvalue weighted by atomic mass is 9.98. The Kier molecular flexibility index (Phi) is 3.56. The third-order valence-corrected chi connectivity index (χ3v) is 3.05. The van der Waals surface area contributed by atoms with Crippen molar-refractivity contribution in [2.75, 3.05) is 0 Å². The van der Waals surface area contributed by atoms with E-state index in [0.29, 0.717) is 21.5 Å². The van der Waals surface area contributed by atoms with Gasteiger partial charge in [-0.05, 0) is 35.5 Å². The van der Waals surface area contributed by atoms with E-state index in [1.807, 2.05) is 0 Å². The Balaban J connectivity index is 2.49. The summed E-state index contributed by atoms with van der Waals surface area (Å²) in [6.07, 6.45) is 10.0. The molecule has 2 aliphatic carbocycles. The molecule has 0 aliphatic heterocycles. The zero-order valence-electron chi connectivity index (χ0n) is 9.01. The first-order chi connectivity index (χ1) is 8.65. The Bertz CT molecular complexity index is 606. The molecular weight excluding hydrogens is 271 g/mol. The number of rotatable bonds is 0. The van der Waals surface area contributed by atoms with E-state index in [4.69, 9.17) is 34.3 Å². The van der Waals surface area contributed by atoms with Crippen LogP contribution >= 0.6 is 23.2 Å². The van der Waals surface area contributed by atoms with Crippen LogP contribution in [0.3, 0.4) is 0 Å². The summed E-state index contributed by atoms with van der Waals surface area (Å²) in [4.78, 5) is 6.09. The summed E-state index contributed by atoms with van der Waals surface area (Å²) in [6, 6.07) is 0. The molecule has 2 aliphatic rings. The maximum atomic E-state index is 8.67. The highest BCUT2D eigenvalue weighted by Gasteiger charge is 2.19. The van der Waals surface area contributed by atoms with E-state index < -0.39 is 0 Å². The van der Waals surface area contributed by atoms with E-state index >= 15 is 0 Å². The molecule has 0 spiro atoms. The Labute approximate surface area is 113 Å².